The molecule has 130 valence electrons. The molecular formula is C19H21N3O3. The maximum atomic E-state index is 12.7. The lowest BCUT2D eigenvalue weighted by atomic mass is 9.95. The number of hydrogen-bond acceptors (Lipinski definition) is 4. The smallest absolute Gasteiger partial charge is 0.291 e. The van der Waals surface area contributed by atoms with Crippen molar-refractivity contribution in [2.45, 2.75) is 38.1 Å². The second kappa shape index (κ2) is 8.28. The van der Waals surface area contributed by atoms with E-state index in [0.717, 1.165) is 31.2 Å². The van der Waals surface area contributed by atoms with E-state index < -0.39 is 5.91 Å². The van der Waals surface area contributed by atoms with Gasteiger partial charge in [-0.1, -0.05) is 25.3 Å². The number of amides is 2. The first kappa shape index (κ1) is 17.0. The van der Waals surface area contributed by atoms with Gasteiger partial charge in [-0.15, -0.1) is 0 Å². The first-order chi connectivity index (χ1) is 12.2. The molecule has 1 fully saturated rings. The molecule has 0 aromatic carbocycles. The Kier molecular flexibility index (Phi) is 5.61. The molecule has 2 amide bonds. The monoisotopic (exact) mass is 339 g/mol. The van der Waals surface area contributed by atoms with Crippen molar-refractivity contribution in [3.05, 3.63) is 59.9 Å². The third kappa shape index (κ3) is 4.79. The minimum Gasteiger partial charge on any atom is -0.459 e. The van der Waals surface area contributed by atoms with Gasteiger partial charge in [0.1, 0.15) is 5.70 Å². The standard InChI is InChI=1S/C19H21N3O3/c23-18(21-15-7-2-1-3-8-15)16(12-14-6-4-10-20-13-14)22-19(24)17-9-5-11-25-17/h4-6,9-13,15H,1-3,7-8H2,(H,21,23)(H,22,24)/b16-12+. The topological polar surface area (TPSA) is 84.2 Å². The summed E-state index contributed by atoms with van der Waals surface area (Å²) in [4.78, 5) is 29.0. The van der Waals surface area contributed by atoms with Crippen LogP contribution in [0.3, 0.4) is 0 Å². The van der Waals surface area contributed by atoms with Crippen molar-refractivity contribution >= 4 is 17.9 Å². The van der Waals surface area contributed by atoms with E-state index in [9.17, 15) is 9.59 Å². The number of hydrogen-bond donors (Lipinski definition) is 2. The van der Waals surface area contributed by atoms with Gasteiger partial charge in [0.05, 0.1) is 6.26 Å². The van der Waals surface area contributed by atoms with Gasteiger partial charge in [-0.2, -0.15) is 0 Å². The average molecular weight is 339 g/mol. The van der Waals surface area contributed by atoms with E-state index in [1.807, 2.05) is 6.07 Å². The summed E-state index contributed by atoms with van der Waals surface area (Å²) >= 11 is 0. The number of aromatic nitrogens is 1. The molecule has 2 N–H and O–H groups in total. The van der Waals surface area contributed by atoms with E-state index in [1.54, 1.807) is 36.7 Å². The number of furan rings is 1. The van der Waals surface area contributed by atoms with E-state index in [4.69, 9.17) is 4.42 Å². The molecule has 2 heterocycles. The van der Waals surface area contributed by atoms with Crippen LogP contribution in [0.25, 0.3) is 6.08 Å². The number of nitrogens with zero attached hydrogens (tertiary/aromatic N) is 1. The number of rotatable bonds is 5. The van der Waals surface area contributed by atoms with Crippen molar-refractivity contribution in [2.24, 2.45) is 0 Å². The van der Waals surface area contributed by atoms with Crippen LogP contribution in [0.5, 0.6) is 0 Å². The fourth-order valence-electron chi connectivity index (χ4n) is 2.89. The molecule has 0 unspecified atom stereocenters. The zero-order valence-corrected chi connectivity index (χ0v) is 13.9. The van der Waals surface area contributed by atoms with Gasteiger partial charge in [0.2, 0.25) is 0 Å². The Morgan fingerprint density at radius 3 is 2.68 bits per heavy atom. The molecule has 2 aromatic heterocycles. The largest absolute Gasteiger partial charge is 0.459 e. The molecule has 1 aliphatic rings. The predicted molar refractivity (Wildman–Crippen MR) is 93.4 cm³/mol. The summed E-state index contributed by atoms with van der Waals surface area (Å²) in [6.07, 6.45) is 11.7. The van der Waals surface area contributed by atoms with E-state index >= 15 is 0 Å². The Bertz CT molecular complexity index is 733. The average Bonchev–Trinajstić information content (AvgIpc) is 3.18. The molecule has 0 atom stereocenters. The molecular weight excluding hydrogens is 318 g/mol. The highest BCUT2D eigenvalue weighted by molar-refractivity contribution is 6.04. The Hall–Kier alpha value is -2.89. The van der Waals surface area contributed by atoms with Gasteiger partial charge in [0.25, 0.3) is 11.8 Å². The van der Waals surface area contributed by atoms with Crippen LogP contribution in [0.4, 0.5) is 0 Å². The van der Waals surface area contributed by atoms with Gasteiger partial charge >= 0.3 is 0 Å². The molecule has 6 nitrogen and oxygen atoms in total. The fraction of sp³-hybridized carbons (Fsp3) is 0.316. The maximum absolute atomic E-state index is 12.7. The molecule has 0 saturated heterocycles. The molecule has 1 aliphatic carbocycles. The molecule has 0 radical (unpaired) electrons. The number of pyridine rings is 1. The summed E-state index contributed by atoms with van der Waals surface area (Å²) in [6.45, 7) is 0. The second-order valence-corrected chi connectivity index (χ2v) is 6.08. The lowest BCUT2D eigenvalue weighted by Gasteiger charge is -2.23. The van der Waals surface area contributed by atoms with Crippen LogP contribution < -0.4 is 10.6 Å². The Morgan fingerprint density at radius 2 is 2.00 bits per heavy atom. The van der Waals surface area contributed by atoms with Gasteiger partial charge in [0.15, 0.2) is 5.76 Å². The highest BCUT2D eigenvalue weighted by Crippen LogP contribution is 2.18. The van der Waals surface area contributed by atoms with Crippen LogP contribution in [-0.2, 0) is 4.79 Å². The van der Waals surface area contributed by atoms with Crippen molar-refractivity contribution in [3.63, 3.8) is 0 Å². The van der Waals surface area contributed by atoms with E-state index in [0.29, 0.717) is 0 Å². The summed E-state index contributed by atoms with van der Waals surface area (Å²) in [6, 6.07) is 6.92. The van der Waals surface area contributed by atoms with E-state index in [-0.39, 0.29) is 23.4 Å². The van der Waals surface area contributed by atoms with Crippen LogP contribution in [0.1, 0.15) is 48.2 Å². The van der Waals surface area contributed by atoms with Crippen LogP contribution in [0.2, 0.25) is 0 Å². The van der Waals surface area contributed by atoms with Crippen molar-refractivity contribution in [2.75, 3.05) is 0 Å². The summed E-state index contributed by atoms with van der Waals surface area (Å²) < 4.78 is 5.09. The van der Waals surface area contributed by atoms with Gasteiger partial charge < -0.3 is 15.1 Å². The van der Waals surface area contributed by atoms with Crippen LogP contribution in [0, 0.1) is 0 Å². The molecule has 25 heavy (non-hydrogen) atoms. The van der Waals surface area contributed by atoms with Crippen LogP contribution in [0.15, 0.2) is 53.0 Å². The molecule has 0 aliphatic heterocycles. The van der Waals surface area contributed by atoms with Crippen molar-refractivity contribution in [1.29, 1.82) is 0 Å². The number of carbonyl (C=O) groups is 2. The minimum absolute atomic E-state index is 0.152. The third-order valence-electron chi connectivity index (χ3n) is 4.17. The highest BCUT2D eigenvalue weighted by Gasteiger charge is 2.20. The Labute approximate surface area is 146 Å². The number of carbonyl (C=O) groups excluding carboxylic acids is 2. The highest BCUT2D eigenvalue weighted by atomic mass is 16.3. The molecule has 0 bridgehead atoms. The first-order valence-corrected chi connectivity index (χ1v) is 8.50. The Morgan fingerprint density at radius 1 is 1.16 bits per heavy atom. The second-order valence-electron chi connectivity index (χ2n) is 6.08. The quantitative estimate of drug-likeness (QED) is 0.820. The van der Waals surface area contributed by atoms with Crippen molar-refractivity contribution in [3.8, 4) is 0 Å². The summed E-state index contributed by atoms with van der Waals surface area (Å²) in [7, 11) is 0. The molecule has 3 rings (SSSR count). The zero-order chi connectivity index (χ0) is 17.5. The van der Waals surface area contributed by atoms with Gasteiger partial charge in [0, 0.05) is 18.4 Å². The first-order valence-electron chi connectivity index (χ1n) is 8.50. The van der Waals surface area contributed by atoms with Crippen LogP contribution >= 0.6 is 0 Å². The third-order valence-corrected chi connectivity index (χ3v) is 4.17. The fourth-order valence-corrected chi connectivity index (χ4v) is 2.89. The van der Waals surface area contributed by atoms with Gasteiger partial charge in [-0.25, -0.2) is 0 Å². The summed E-state index contributed by atoms with van der Waals surface area (Å²) in [5, 5.41) is 5.66. The number of nitrogens with one attached hydrogen (secondary N) is 2. The van der Waals surface area contributed by atoms with E-state index in [1.165, 1.54) is 12.7 Å². The summed E-state index contributed by atoms with van der Waals surface area (Å²) in [5.74, 6) is -0.600. The normalized spacial score (nSPS) is 15.6. The van der Waals surface area contributed by atoms with E-state index in [2.05, 4.69) is 15.6 Å². The molecule has 6 heteroatoms. The van der Waals surface area contributed by atoms with Crippen molar-refractivity contribution < 1.29 is 14.0 Å². The Balaban J connectivity index is 1.77. The van der Waals surface area contributed by atoms with Crippen LogP contribution in [-0.4, -0.2) is 22.8 Å². The zero-order valence-electron chi connectivity index (χ0n) is 13.9. The SMILES string of the molecule is O=C(NC1CCCCC1)/C(=C\c1cccnc1)NC(=O)c1ccco1. The minimum atomic E-state index is -0.459. The van der Waals surface area contributed by atoms with Gasteiger partial charge in [-0.3, -0.25) is 14.6 Å². The van der Waals surface area contributed by atoms with Crippen molar-refractivity contribution in [1.82, 2.24) is 15.6 Å². The lowest BCUT2D eigenvalue weighted by Crippen LogP contribution is -2.41. The lowest BCUT2D eigenvalue weighted by molar-refractivity contribution is -0.118. The maximum Gasteiger partial charge on any atom is 0.291 e. The molecule has 0 spiro atoms. The molecule has 2 aromatic rings. The summed E-state index contributed by atoms with van der Waals surface area (Å²) in [5.41, 5.74) is 0.913. The van der Waals surface area contributed by atoms with Gasteiger partial charge in [-0.05, 0) is 42.7 Å². The molecule has 1 saturated carbocycles. The predicted octanol–water partition coefficient (Wildman–Crippen LogP) is 2.89.